The van der Waals surface area contributed by atoms with Crippen LogP contribution in [0.2, 0.25) is 0 Å². The maximum atomic E-state index is 13.7. The van der Waals surface area contributed by atoms with Crippen molar-refractivity contribution in [2.75, 3.05) is 39.8 Å². The summed E-state index contributed by atoms with van der Waals surface area (Å²) in [5.74, 6) is 0.643. The Balaban J connectivity index is 1.20. The summed E-state index contributed by atoms with van der Waals surface area (Å²) >= 11 is 0. The number of carbonyl (C=O) groups excluding carboxylic acids is 1. The number of sulfonamides is 1. The van der Waals surface area contributed by atoms with Crippen LogP contribution in [0.5, 0.6) is 5.75 Å². The molecule has 4 aromatic carbocycles. The molecule has 2 heterocycles. The topological polar surface area (TPSA) is 82.5 Å². The van der Waals surface area contributed by atoms with E-state index in [-0.39, 0.29) is 18.5 Å². The van der Waals surface area contributed by atoms with Crippen molar-refractivity contribution in [3.63, 3.8) is 0 Å². The highest BCUT2D eigenvalue weighted by molar-refractivity contribution is 7.89. The van der Waals surface area contributed by atoms with Crippen molar-refractivity contribution in [1.82, 2.24) is 14.2 Å². The molecule has 0 N–H and O–H groups in total. The number of rotatable bonds is 7. The fourth-order valence-corrected chi connectivity index (χ4v) is 6.95. The number of hydrazone groups is 1. The molecule has 2 aliphatic rings. The highest BCUT2D eigenvalue weighted by atomic mass is 32.2. The Morgan fingerprint density at radius 3 is 2.24 bits per heavy atom. The molecule has 210 valence electrons. The summed E-state index contributed by atoms with van der Waals surface area (Å²) in [6.07, 6.45) is 0.597. The number of piperazine rings is 1. The fraction of sp³-hybridized carbons (Fsp3) is 0.250. The Labute approximate surface area is 240 Å². The monoisotopic (exact) mass is 568 g/mol. The summed E-state index contributed by atoms with van der Waals surface area (Å²) in [5.41, 5.74) is 2.85. The summed E-state index contributed by atoms with van der Waals surface area (Å²) < 4.78 is 32.9. The summed E-state index contributed by atoms with van der Waals surface area (Å²) in [6.45, 7) is 1.77. The van der Waals surface area contributed by atoms with Crippen molar-refractivity contribution in [1.29, 1.82) is 0 Å². The minimum absolute atomic E-state index is 0.110. The van der Waals surface area contributed by atoms with Crippen molar-refractivity contribution >= 4 is 32.4 Å². The first-order valence-corrected chi connectivity index (χ1v) is 15.2. The number of hydrogen-bond acceptors (Lipinski definition) is 6. The number of methoxy groups -OCH3 is 1. The third-order valence-electron chi connectivity index (χ3n) is 7.82. The van der Waals surface area contributed by atoms with Gasteiger partial charge in [0.05, 0.1) is 30.3 Å². The zero-order valence-electron chi connectivity index (χ0n) is 22.9. The van der Waals surface area contributed by atoms with Gasteiger partial charge in [-0.15, -0.1) is 0 Å². The number of ether oxygens (including phenoxy) is 1. The average Bonchev–Trinajstić information content (AvgIpc) is 3.47. The molecule has 0 radical (unpaired) electrons. The zero-order chi connectivity index (χ0) is 28.4. The molecule has 1 fully saturated rings. The third-order valence-corrected chi connectivity index (χ3v) is 9.73. The predicted molar refractivity (Wildman–Crippen MR) is 159 cm³/mol. The van der Waals surface area contributed by atoms with Gasteiger partial charge in [0.15, 0.2) is 0 Å². The van der Waals surface area contributed by atoms with Gasteiger partial charge < -0.3 is 4.74 Å². The summed E-state index contributed by atoms with van der Waals surface area (Å²) in [4.78, 5) is 16.0. The molecule has 41 heavy (non-hydrogen) atoms. The summed E-state index contributed by atoms with van der Waals surface area (Å²) in [5, 5.41) is 8.75. The quantitative estimate of drug-likeness (QED) is 0.327. The van der Waals surface area contributed by atoms with Gasteiger partial charge in [-0.05, 0) is 52.2 Å². The summed E-state index contributed by atoms with van der Waals surface area (Å²) in [6, 6.07) is 30.5. The summed E-state index contributed by atoms with van der Waals surface area (Å²) in [7, 11) is -1.92. The lowest BCUT2D eigenvalue weighted by Gasteiger charge is -2.34. The molecule has 1 unspecified atom stereocenters. The van der Waals surface area contributed by atoms with E-state index in [1.807, 2.05) is 41.3 Å². The molecule has 0 saturated carbocycles. The van der Waals surface area contributed by atoms with Crippen molar-refractivity contribution in [3.05, 3.63) is 108 Å². The standard InChI is InChI=1S/C32H32N4O4S/c1-40-28-15-13-25(14-16-28)31-22-30(27-12-11-24-7-5-6-8-26(24)21-27)33-36(31)32(37)23-34-17-19-35(20-18-34)41(38,39)29-9-3-2-4-10-29/h2-16,21,31H,17-20,22-23H2,1H3. The molecule has 1 saturated heterocycles. The molecule has 1 amide bonds. The number of amides is 1. The fourth-order valence-electron chi connectivity index (χ4n) is 5.50. The van der Waals surface area contributed by atoms with E-state index in [1.54, 1.807) is 42.5 Å². The van der Waals surface area contributed by atoms with Gasteiger partial charge in [-0.25, -0.2) is 13.4 Å². The molecule has 1 atom stereocenters. The number of nitrogens with zero attached hydrogens (tertiary/aromatic N) is 4. The minimum atomic E-state index is -3.55. The third kappa shape index (κ3) is 5.61. The molecule has 0 aromatic heterocycles. The molecule has 6 rings (SSSR count). The van der Waals surface area contributed by atoms with Gasteiger partial charge in [0.25, 0.3) is 5.91 Å². The van der Waals surface area contributed by atoms with E-state index in [4.69, 9.17) is 9.84 Å². The van der Waals surface area contributed by atoms with Crippen LogP contribution in [0.4, 0.5) is 0 Å². The molecular weight excluding hydrogens is 536 g/mol. The van der Waals surface area contributed by atoms with Gasteiger partial charge in [0.2, 0.25) is 10.0 Å². The second-order valence-corrected chi connectivity index (χ2v) is 12.3. The van der Waals surface area contributed by atoms with Crippen molar-refractivity contribution in [3.8, 4) is 5.75 Å². The average molecular weight is 569 g/mol. The molecule has 9 heteroatoms. The second-order valence-electron chi connectivity index (χ2n) is 10.3. The maximum Gasteiger partial charge on any atom is 0.257 e. The minimum Gasteiger partial charge on any atom is -0.497 e. The van der Waals surface area contributed by atoms with E-state index < -0.39 is 10.0 Å². The Bertz CT molecular complexity index is 1680. The molecule has 0 spiro atoms. The number of hydrogen-bond donors (Lipinski definition) is 0. The van der Waals surface area contributed by atoms with Crippen LogP contribution in [0.15, 0.2) is 107 Å². The number of benzene rings is 4. The molecule has 0 aliphatic carbocycles. The number of carbonyl (C=O) groups is 1. The van der Waals surface area contributed by atoms with Gasteiger partial charge >= 0.3 is 0 Å². The Morgan fingerprint density at radius 1 is 0.854 bits per heavy atom. The van der Waals surface area contributed by atoms with E-state index in [9.17, 15) is 13.2 Å². The van der Waals surface area contributed by atoms with Crippen molar-refractivity contribution < 1.29 is 17.9 Å². The van der Waals surface area contributed by atoms with Gasteiger partial charge in [-0.2, -0.15) is 9.41 Å². The first kappa shape index (κ1) is 27.1. The largest absolute Gasteiger partial charge is 0.497 e. The Morgan fingerprint density at radius 2 is 1.54 bits per heavy atom. The Kier molecular flexibility index (Phi) is 7.57. The van der Waals surface area contributed by atoms with E-state index in [2.05, 4.69) is 30.3 Å². The van der Waals surface area contributed by atoms with Crippen LogP contribution in [-0.2, 0) is 14.8 Å². The maximum absolute atomic E-state index is 13.7. The van der Waals surface area contributed by atoms with E-state index in [0.717, 1.165) is 33.4 Å². The molecule has 4 aromatic rings. The number of fused-ring (bicyclic) bond motifs is 1. The van der Waals surface area contributed by atoms with Gasteiger partial charge in [0.1, 0.15) is 5.75 Å². The van der Waals surface area contributed by atoms with Crippen LogP contribution in [-0.4, -0.2) is 74.1 Å². The highest BCUT2D eigenvalue weighted by Gasteiger charge is 2.35. The van der Waals surface area contributed by atoms with E-state index >= 15 is 0 Å². The van der Waals surface area contributed by atoms with Gasteiger partial charge in [-0.1, -0.05) is 66.7 Å². The second kappa shape index (κ2) is 11.4. The lowest BCUT2D eigenvalue weighted by molar-refractivity contribution is -0.134. The Hall–Kier alpha value is -4.05. The van der Waals surface area contributed by atoms with Crippen molar-refractivity contribution in [2.24, 2.45) is 5.10 Å². The first-order valence-electron chi connectivity index (χ1n) is 13.7. The molecule has 0 bridgehead atoms. The predicted octanol–water partition coefficient (Wildman–Crippen LogP) is 4.53. The first-order chi connectivity index (χ1) is 19.9. The molecule has 2 aliphatic heterocycles. The van der Waals surface area contributed by atoms with Crippen LogP contribution in [0.25, 0.3) is 10.8 Å². The smallest absolute Gasteiger partial charge is 0.257 e. The van der Waals surface area contributed by atoms with E-state index in [1.165, 1.54) is 4.31 Å². The lowest BCUT2D eigenvalue weighted by Crippen LogP contribution is -2.51. The molecule has 8 nitrogen and oxygen atoms in total. The highest BCUT2D eigenvalue weighted by Crippen LogP contribution is 2.34. The van der Waals surface area contributed by atoms with Crippen molar-refractivity contribution in [2.45, 2.75) is 17.4 Å². The van der Waals surface area contributed by atoms with Gasteiger partial charge in [0, 0.05) is 32.6 Å². The van der Waals surface area contributed by atoms with Crippen LogP contribution in [0, 0.1) is 0 Å². The SMILES string of the molecule is COc1ccc(C2CC(c3ccc4ccccc4c3)=NN2C(=O)CN2CCN(S(=O)(=O)c3ccccc3)CC2)cc1. The molecular formula is C32H32N4O4S. The van der Waals surface area contributed by atoms with E-state index in [0.29, 0.717) is 37.5 Å². The van der Waals surface area contributed by atoms with Gasteiger partial charge in [-0.3, -0.25) is 9.69 Å². The van der Waals surface area contributed by atoms with Crippen LogP contribution < -0.4 is 4.74 Å². The van der Waals surface area contributed by atoms with Crippen LogP contribution >= 0.6 is 0 Å². The zero-order valence-corrected chi connectivity index (χ0v) is 23.7. The van der Waals surface area contributed by atoms with Crippen LogP contribution in [0.3, 0.4) is 0 Å². The normalized spacial score (nSPS) is 18.4. The lowest BCUT2D eigenvalue weighted by atomic mass is 9.97. The van der Waals surface area contributed by atoms with Crippen LogP contribution in [0.1, 0.15) is 23.6 Å².